The van der Waals surface area contributed by atoms with Crippen molar-refractivity contribution in [3.8, 4) is 5.88 Å². The second-order valence-electron chi connectivity index (χ2n) is 7.24. The molecule has 0 unspecified atom stereocenters. The van der Waals surface area contributed by atoms with Gasteiger partial charge in [0.1, 0.15) is 11.6 Å². The number of benzene rings is 1. The number of aromatic hydroxyl groups is 1. The van der Waals surface area contributed by atoms with Gasteiger partial charge in [-0.3, -0.25) is 4.90 Å². The molecule has 4 heterocycles. The summed E-state index contributed by atoms with van der Waals surface area (Å²) < 4.78 is 27.1. The standard InChI is InChI=1S/C19H21FN4O3S/c1-12-21-18-24(22-12)17(25)16(28-18)15(13-3-2-4-14(20)11-13)23-7-5-19(6-8-23)26-9-10-27-19/h2-4,11,15,25H,5-10H2,1H3/t15-/m0/s1. The number of hydrogen-bond donors (Lipinski definition) is 1. The Hall–Kier alpha value is -2.07. The molecule has 7 nitrogen and oxygen atoms in total. The fourth-order valence-corrected chi connectivity index (χ4v) is 5.30. The van der Waals surface area contributed by atoms with E-state index in [2.05, 4.69) is 15.0 Å². The van der Waals surface area contributed by atoms with E-state index in [4.69, 9.17) is 9.47 Å². The Bertz CT molecular complexity index is 1000. The van der Waals surface area contributed by atoms with Crippen molar-refractivity contribution in [1.29, 1.82) is 0 Å². The van der Waals surface area contributed by atoms with Crippen molar-refractivity contribution in [3.05, 3.63) is 46.3 Å². The zero-order chi connectivity index (χ0) is 19.3. The highest BCUT2D eigenvalue weighted by Crippen LogP contribution is 2.42. The Balaban J connectivity index is 1.53. The van der Waals surface area contributed by atoms with E-state index in [-0.39, 0.29) is 17.7 Å². The van der Waals surface area contributed by atoms with Crippen LogP contribution in [-0.2, 0) is 9.47 Å². The predicted molar refractivity (Wildman–Crippen MR) is 101 cm³/mol. The van der Waals surface area contributed by atoms with Crippen molar-refractivity contribution < 1.29 is 19.0 Å². The second kappa shape index (κ2) is 6.77. The van der Waals surface area contributed by atoms with E-state index < -0.39 is 5.79 Å². The molecule has 5 rings (SSSR count). The topological polar surface area (TPSA) is 72.1 Å². The molecule has 1 aromatic carbocycles. The van der Waals surface area contributed by atoms with E-state index in [0.29, 0.717) is 42.0 Å². The summed E-state index contributed by atoms with van der Waals surface area (Å²) in [5.41, 5.74) is 0.792. The minimum Gasteiger partial charge on any atom is -0.492 e. The Labute approximate surface area is 165 Å². The van der Waals surface area contributed by atoms with Crippen LogP contribution in [0.2, 0.25) is 0 Å². The number of hydrogen-bond acceptors (Lipinski definition) is 7. The number of ether oxygens (including phenoxy) is 2. The van der Waals surface area contributed by atoms with Crippen LogP contribution in [-0.4, -0.2) is 56.7 Å². The molecule has 9 heteroatoms. The highest BCUT2D eigenvalue weighted by atomic mass is 32.1. The summed E-state index contributed by atoms with van der Waals surface area (Å²) in [4.78, 5) is 7.95. The van der Waals surface area contributed by atoms with Gasteiger partial charge in [-0.25, -0.2) is 9.37 Å². The molecule has 2 aliphatic rings. The number of piperidine rings is 1. The summed E-state index contributed by atoms with van der Waals surface area (Å²) in [6.07, 6.45) is 1.47. The fourth-order valence-electron chi connectivity index (χ4n) is 4.14. The quantitative estimate of drug-likeness (QED) is 0.724. The molecule has 0 bridgehead atoms. The van der Waals surface area contributed by atoms with Gasteiger partial charge in [-0.15, -0.1) is 5.10 Å². The number of halogens is 1. The molecular weight excluding hydrogens is 383 g/mol. The highest BCUT2D eigenvalue weighted by Gasteiger charge is 2.42. The number of fused-ring (bicyclic) bond motifs is 1. The molecule has 2 fully saturated rings. The average Bonchev–Trinajstić information content (AvgIpc) is 3.35. The second-order valence-corrected chi connectivity index (χ2v) is 8.25. The van der Waals surface area contributed by atoms with Gasteiger partial charge in [0.25, 0.3) is 0 Å². The maximum atomic E-state index is 14.0. The summed E-state index contributed by atoms with van der Waals surface area (Å²) in [5.74, 6) is -0.129. The van der Waals surface area contributed by atoms with E-state index in [9.17, 15) is 9.50 Å². The number of thiazole rings is 1. The van der Waals surface area contributed by atoms with Gasteiger partial charge in [0, 0.05) is 25.9 Å². The van der Waals surface area contributed by atoms with Gasteiger partial charge in [0.15, 0.2) is 5.79 Å². The molecule has 1 atom stereocenters. The summed E-state index contributed by atoms with van der Waals surface area (Å²) in [6, 6.07) is 6.25. The van der Waals surface area contributed by atoms with Gasteiger partial charge < -0.3 is 14.6 Å². The smallest absolute Gasteiger partial charge is 0.230 e. The maximum Gasteiger partial charge on any atom is 0.230 e. The lowest BCUT2D eigenvalue weighted by molar-refractivity contribution is -0.187. The minimum atomic E-state index is -0.492. The summed E-state index contributed by atoms with van der Waals surface area (Å²) in [7, 11) is 0. The van der Waals surface area contributed by atoms with Crippen molar-refractivity contribution >= 4 is 16.3 Å². The molecule has 2 aliphatic heterocycles. The van der Waals surface area contributed by atoms with Crippen LogP contribution < -0.4 is 0 Å². The molecule has 0 aliphatic carbocycles. The van der Waals surface area contributed by atoms with Gasteiger partial charge >= 0.3 is 0 Å². The van der Waals surface area contributed by atoms with Crippen molar-refractivity contribution in [3.63, 3.8) is 0 Å². The average molecular weight is 404 g/mol. The predicted octanol–water partition coefficient (Wildman–Crippen LogP) is 2.87. The molecule has 0 amide bonds. The zero-order valence-corrected chi connectivity index (χ0v) is 16.3. The molecule has 0 saturated carbocycles. The molecule has 2 saturated heterocycles. The summed E-state index contributed by atoms with van der Waals surface area (Å²) in [6.45, 7) is 4.47. The third kappa shape index (κ3) is 2.98. The van der Waals surface area contributed by atoms with Crippen LogP contribution in [0.15, 0.2) is 24.3 Å². The molecule has 148 valence electrons. The van der Waals surface area contributed by atoms with Gasteiger partial charge in [0.2, 0.25) is 10.8 Å². The number of rotatable bonds is 3. The maximum absolute atomic E-state index is 14.0. The summed E-state index contributed by atoms with van der Waals surface area (Å²) >= 11 is 1.38. The van der Waals surface area contributed by atoms with Gasteiger partial charge in [-0.2, -0.15) is 4.52 Å². The molecule has 1 spiro atoms. The van der Waals surface area contributed by atoms with Crippen LogP contribution in [0.5, 0.6) is 5.88 Å². The van der Waals surface area contributed by atoms with Crippen LogP contribution in [0.3, 0.4) is 0 Å². The molecule has 2 aromatic heterocycles. The molecule has 3 aromatic rings. The molecule has 1 N–H and O–H groups in total. The zero-order valence-electron chi connectivity index (χ0n) is 15.5. The first-order valence-electron chi connectivity index (χ1n) is 9.37. The molecular formula is C19H21FN4O3S. The Morgan fingerprint density at radius 2 is 2.00 bits per heavy atom. The third-order valence-electron chi connectivity index (χ3n) is 5.46. The van der Waals surface area contributed by atoms with Crippen LogP contribution in [0.1, 0.15) is 35.1 Å². The lowest BCUT2D eigenvalue weighted by Gasteiger charge is -2.41. The van der Waals surface area contributed by atoms with E-state index >= 15 is 0 Å². The van der Waals surface area contributed by atoms with Gasteiger partial charge in [0.05, 0.1) is 24.1 Å². The first-order chi connectivity index (χ1) is 13.5. The van der Waals surface area contributed by atoms with E-state index in [0.717, 1.165) is 18.4 Å². The SMILES string of the molecule is Cc1nc2sc([C@H](c3cccc(F)c3)N3CCC4(CC3)OCCO4)c(O)n2n1. The number of aryl methyl sites for hydroxylation is 1. The van der Waals surface area contributed by atoms with E-state index in [1.54, 1.807) is 13.0 Å². The first kappa shape index (κ1) is 18.0. The molecule has 28 heavy (non-hydrogen) atoms. The van der Waals surface area contributed by atoms with Crippen LogP contribution in [0.4, 0.5) is 4.39 Å². The van der Waals surface area contributed by atoms with Crippen LogP contribution in [0, 0.1) is 12.7 Å². The van der Waals surface area contributed by atoms with Crippen molar-refractivity contribution in [2.75, 3.05) is 26.3 Å². The number of aromatic nitrogens is 3. The Morgan fingerprint density at radius 1 is 1.25 bits per heavy atom. The fraction of sp³-hybridized carbons (Fsp3) is 0.474. The minimum absolute atomic E-state index is 0.0588. The van der Waals surface area contributed by atoms with Crippen LogP contribution >= 0.6 is 11.3 Å². The highest BCUT2D eigenvalue weighted by molar-refractivity contribution is 7.17. The third-order valence-corrected chi connectivity index (χ3v) is 6.53. The van der Waals surface area contributed by atoms with E-state index in [1.807, 2.05) is 6.07 Å². The largest absolute Gasteiger partial charge is 0.492 e. The van der Waals surface area contributed by atoms with Crippen molar-refractivity contribution in [2.45, 2.75) is 31.6 Å². The molecule has 0 radical (unpaired) electrons. The van der Waals surface area contributed by atoms with E-state index in [1.165, 1.54) is 28.0 Å². The first-order valence-corrected chi connectivity index (χ1v) is 10.2. The van der Waals surface area contributed by atoms with Crippen LogP contribution in [0.25, 0.3) is 4.96 Å². The monoisotopic (exact) mass is 404 g/mol. The number of nitrogens with zero attached hydrogens (tertiary/aromatic N) is 4. The number of likely N-dealkylation sites (tertiary alicyclic amines) is 1. The normalized spacial score (nSPS) is 20.9. The van der Waals surface area contributed by atoms with Crippen molar-refractivity contribution in [1.82, 2.24) is 19.5 Å². The lowest BCUT2D eigenvalue weighted by Crippen LogP contribution is -2.46. The summed E-state index contributed by atoms with van der Waals surface area (Å²) in [5, 5.41) is 15.1. The Kier molecular flexibility index (Phi) is 4.35. The van der Waals surface area contributed by atoms with Gasteiger partial charge in [-0.05, 0) is 24.6 Å². The lowest BCUT2D eigenvalue weighted by atomic mass is 9.97. The Morgan fingerprint density at radius 3 is 2.68 bits per heavy atom. The van der Waals surface area contributed by atoms with Crippen molar-refractivity contribution in [2.24, 2.45) is 0 Å². The van der Waals surface area contributed by atoms with Gasteiger partial charge in [-0.1, -0.05) is 23.5 Å².